The van der Waals surface area contributed by atoms with Gasteiger partial charge in [-0.25, -0.2) is 4.98 Å². The molecule has 0 unspecified atom stereocenters. The monoisotopic (exact) mass is 512 g/mol. The zero-order valence-electron chi connectivity index (χ0n) is 21.8. The number of pyridine rings is 1. The lowest BCUT2D eigenvalue weighted by Gasteiger charge is -2.30. The molecule has 0 bridgehead atoms. The minimum atomic E-state index is 0.682. The van der Waals surface area contributed by atoms with E-state index in [9.17, 15) is 0 Å². The van der Waals surface area contributed by atoms with Crippen molar-refractivity contribution < 1.29 is 4.74 Å². The summed E-state index contributed by atoms with van der Waals surface area (Å²) in [7, 11) is 0. The SMILES string of the molecule is Cc1cc(C#Cc2ccc(-c3ccc(Cl)cc3)cn2)ccc1OCCNC(C1CCCC1)C1CCCC1. The Labute approximate surface area is 227 Å². The van der Waals surface area contributed by atoms with Crippen LogP contribution < -0.4 is 10.1 Å². The predicted octanol–water partition coefficient (Wildman–Crippen LogP) is 7.83. The summed E-state index contributed by atoms with van der Waals surface area (Å²) in [5.41, 5.74) is 4.97. The van der Waals surface area contributed by atoms with Crippen molar-refractivity contribution in [2.75, 3.05) is 13.2 Å². The first-order chi connectivity index (χ1) is 18.2. The van der Waals surface area contributed by atoms with Gasteiger partial charge in [0.15, 0.2) is 0 Å². The number of hydrogen-bond acceptors (Lipinski definition) is 3. The van der Waals surface area contributed by atoms with Crippen LogP contribution in [0.4, 0.5) is 0 Å². The summed E-state index contributed by atoms with van der Waals surface area (Å²) in [6.45, 7) is 3.70. The van der Waals surface area contributed by atoms with E-state index in [0.717, 1.165) is 57.1 Å². The Morgan fingerprint density at radius 1 is 0.892 bits per heavy atom. The highest BCUT2D eigenvalue weighted by atomic mass is 35.5. The number of nitrogens with zero attached hydrogens (tertiary/aromatic N) is 1. The maximum absolute atomic E-state index is 6.16. The van der Waals surface area contributed by atoms with Gasteiger partial charge in [0.1, 0.15) is 18.1 Å². The Hall–Kier alpha value is -2.80. The minimum absolute atomic E-state index is 0.682. The summed E-state index contributed by atoms with van der Waals surface area (Å²) >= 11 is 5.99. The van der Waals surface area contributed by atoms with Gasteiger partial charge in [-0.05, 0) is 97.9 Å². The van der Waals surface area contributed by atoms with E-state index < -0.39 is 0 Å². The van der Waals surface area contributed by atoms with Crippen molar-refractivity contribution >= 4 is 11.6 Å². The highest BCUT2D eigenvalue weighted by Gasteiger charge is 2.32. The first-order valence-corrected chi connectivity index (χ1v) is 14.2. The minimum Gasteiger partial charge on any atom is -0.492 e. The molecule has 0 amide bonds. The van der Waals surface area contributed by atoms with E-state index in [1.165, 1.54) is 51.4 Å². The summed E-state index contributed by atoms with van der Waals surface area (Å²) in [5.74, 6) is 9.10. The summed E-state index contributed by atoms with van der Waals surface area (Å²) in [4.78, 5) is 4.52. The molecule has 2 aromatic carbocycles. The molecule has 1 heterocycles. The van der Waals surface area contributed by atoms with Gasteiger partial charge < -0.3 is 10.1 Å². The maximum atomic E-state index is 6.16. The van der Waals surface area contributed by atoms with Gasteiger partial charge in [0.2, 0.25) is 0 Å². The first kappa shape index (κ1) is 25.8. The van der Waals surface area contributed by atoms with E-state index in [4.69, 9.17) is 16.3 Å². The van der Waals surface area contributed by atoms with Crippen molar-refractivity contribution in [2.45, 2.75) is 64.3 Å². The van der Waals surface area contributed by atoms with Gasteiger partial charge in [-0.15, -0.1) is 0 Å². The smallest absolute Gasteiger partial charge is 0.122 e. The average molecular weight is 513 g/mol. The number of aromatic nitrogens is 1. The third-order valence-corrected chi connectivity index (χ3v) is 8.26. The highest BCUT2D eigenvalue weighted by Crippen LogP contribution is 2.37. The van der Waals surface area contributed by atoms with Crippen LogP contribution in [0.15, 0.2) is 60.8 Å². The molecule has 192 valence electrons. The molecule has 37 heavy (non-hydrogen) atoms. The molecule has 4 heteroatoms. The van der Waals surface area contributed by atoms with Crippen LogP contribution in [-0.4, -0.2) is 24.2 Å². The molecule has 0 radical (unpaired) electrons. The molecule has 1 N–H and O–H groups in total. The maximum Gasteiger partial charge on any atom is 0.122 e. The van der Waals surface area contributed by atoms with Gasteiger partial charge >= 0.3 is 0 Å². The summed E-state index contributed by atoms with van der Waals surface area (Å²) < 4.78 is 6.16. The van der Waals surface area contributed by atoms with Crippen LogP contribution in [0.5, 0.6) is 5.75 Å². The summed E-state index contributed by atoms with van der Waals surface area (Å²) in [5, 5.41) is 4.63. The zero-order chi connectivity index (χ0) is 25.5. The van der Waals surface area contributed by atoms with Gasteiger partial charge in [0.25, 0.3) is 0 Å². The van der Waals surface area contributed by atoms with Crippen LogP contribution in [0.1, 0.15) is 68.2 Å². The molecule has 0 saturated heterocycles. The predicted molar refractivity (Wildman–Crippen MR) is 153 cm³/mol. The molecule has 2 fully saturated rings. The molecular formula is C33H37ClN2O. The van der Waals surface area contributed by atoms with E-state index >= 15 is 0 Å². The summed E-state index contributed by atoms with van der Waals surface area (Å²) in [6.07, 6.45) is 13.1. The van der Waals surface area contributed by atoms with Gasteiger partial charge in [-0.2, -0.15) is 0 Å². The lowest BCUT2D eigenvalue weighted by molar-refractivity contribution is 0.235. The molecule has 2 aliphatic carbocycles. The molecule has 0 aliphatic heterocycles. The second-order valence-corrected chi connectivity index (χ2v) is 11.0. The van der Waals surface area contributed by atoms with E-state index in [2.05, 4.69) is 35.1 Å². The van der Waals surface area contributed by atoms with Gasteiger partial charge in [0.05, 0.1) is 0 Å². The van der Waals surface area contributed by atoms with Crippen molar-refractivity contribution in [2.24, 2.45) is 11.8 Å². The zero-order valence-corrected chi connectivity index (χ0v) is 22.6. The number of aryl methyl sites for hydroxylation is 1. The fraction of sp³-hybridized carbons (Fsp3) is 0.424. The van der Waals surface area contributed by atoms with Crippen molar-refractivity contribution in [3.05, 3.63) is 82.6 Å². The van der Waals surface area contributed by atoms with Crippen molar-refractivity contribution in [3.63, 3.8) is 0 Å². The van der Waals surface area contributed by atoms with E-state index in [-0.39, 0.29) is 0 Å². The Bertz CT molecular complexity index is 1200. The second-order valence-electron chi connectivity index (χ2n) is 10.6. The highest BCUT2D eigenvalue weighted by molar-refractivity contribution is 6.30. The Balaban J connectivity index is 1.13. The third kappa shape index (κ3) is 6.95. The number of rotatable bonds is 8. The number of halogens is 1. The van der Waals surface area contributed by atoms with Crippen molar-refractivity contribution in [1.29, 1.82) is 0 Å². The molecule has 0 atom stereocenters. The molecule has 3 aromatic rings. The normalized spacial score (nSPS) is 16.2. The number of ether oxygens (including phenoxy) is 1. The van der Waals surface area contributed by atoms with Gasteiger partial charge in [-0.1, -0.05) is 61.4 Å². The van der Waals surface area contributed by atoms with E-state index in [1.807, 2.05) is 54.7 Å². The topological polar surface area (TPSA) is 34.1 Å². The van der Waals surface area contributed by atoms with Crippen LogP contribution in [0, 0.1) is 30.6 Å². The number of nitrogens with one attached hydrogen (secondary N) is 1. The molecule has 5 rings (SSSR count). The molecule has 0 spiro atoms. The van der Waals surface area contributed by atoms with Gasteiger partial charge in [0, 0.05) is 34.9 Å². The van der Waals surface area contributed by atoms with E-state index in [1.54, 1.807) is 0 Å². The van der Waals surface area contributed by atoms with Crippen LogP contribution in [-0.2, 0) is 0 Å². The van der Waals surface area contributed by atoms with Gasteiger partial charge in [-0.3, -0.25) is 0 Å². The summed E-state index contributed by atoms with van der Waals surface area (Å²) in [6, 6.07) is 18.6. The Morgan fingerprint density at radius 3 is 2.19 bits per heavy atom. The molecule has 3 nitrogen and oxygen atoms in total. The standard InChI is InChI=1S/C33H37ClN2O/c1-24-22-25(10-17-31-18-14-29(23-36-31)26-12-15-30(34)16-13-26)11-19-32(24)37-21-20-35-33(27-6-2-3-7-27)28-8-4-5-9-28/h11-16,18-19,22-23,27-28,33,35H,2-9,20-21H2,1H3. The van der Waals surface area contributed by atoms with Crippen molar-refractivity contribution in [3.8, 4) is 28.7 Å². The molecule has 1 aromatic heterocycles. The van der Waals surface area contributed by atoms with Crippen LogP contribution >= 0.6 is 11.6 Å². The van der Waals surface area contributed by atoms with Crippen LogP contribution in [0.25, 0.3) is 11.1 Å². The Kier molecular flexibility index (Phi) is 8.82. The average Bonchev–Trinajstić information content (AvgIpc) is 3.65. The fourth-order valence-electron chi connectivity index (χ4n) is 6.04. The van der Waals surface area contributed by atoms with E-state index in [0.29, 0.717) is 12.6 Å². The largest absolute Gasteiger partial charge is 0.492 e. The number of benzene rings is 2. The van der Waals surface area contributed by atoms with Crippen LogP contribution in [0.2, 0.25) is 5.02 Å². The molecule has 2 aliphatic rings. The molecule has 2 saturated carbocycles. The second kappa shape index (κ2) is 12.6. The Morgan fingerprint density at radius 2 is 1.57 bits per heavy atom. The van der Waals surface area contributed by atoms with Crippen molar-refractivity contribution in [1.82, 2.24) is 10.3 Å². The first-order valence-electron chi connectivity index (χ1n) is 13.9. The molecular weight excluding hydrogens is 476 g/mol. The lowest BCUT2D eigenvalue weighted by Crippen LogP contribution is -2.42. The van der Waals surface area contributed by atoms with Crippen LogP contribution in [0.3, 0.4) is 0 Å². The lowest BCUT2D eigenvalue weighted by atomic mass is 9.86. The third-order valence-electron chi connectivity index (χ3n) is 8.01. The fourth-order valence-corrected chi connectivity index (χ4v) is 6.17. The quantitative estimate of drug-likeness (QED) is 0.246. The number of hydrogen-bond donors (Lipinski definition) is 1.